The van der Waals surface area contributed by atoms with Crippen LogP contribution >= 0.6 is 0 Å². The zero-order valence-electron chi connectivity index (χ0n) is 14.0. The van der Waals surface area contributed by atoms with Crippen LogP contribution in [-0.4, -0.2) is 19.0 Å². The van der Waals surface area contributed by atoms with Crippen molar-refractivity contribution in [1.82, 2.24) is 4.57 Å². The Morgan fingerprint density at radius 1 is 1.20 bits per heavy atom. The van der Waals surface area contributed by atoms with Crippen LogP contribution in [0.5, 0.6) is 0 Å². The summed E-state index contributed by atoms with van der Waals surface area (Å²) in [7, 11) is -3.74. The molecule has 0 saturated heterocycles. The minimum absolute atomic E-state index is 0.126. The molecule has 4 rings (SSSR count). The number of benzene rings is 2. The molecule has 0 saturated carbocycles. The number of rotatable bonds is 3. The lowest BCUT2D eigenvalue weighted by Crippen LogP contribution is -2.35. The number of nitrogens with zero attached hydrogens (tertiary/aromatic N) is 2. The van der Waals surface area contributed by atoms with Gasteiger partial charge in [0.1, 0.15) is 0 Å². The molecule has 0 bridgehead atoms. The van der Waals surface area contributed by atoms with Gasteiger partial charge in [-0.25, -0.2) is 13.2 Å². The van der Waals surface area contributed by atoms with Crippen molar-refractivity contribution < 1.29 is 12.8 Å². The summed E-state index contributed by atoms with van der Waals surface area (Å²) < 4.78 is 34.6. The molecule has 25 heavy (non-hydrogen) atoms. The summed E-state index contributed by atoms with van der Waals surface area (Å²) in [6, 6.07) is 12.0. The smallest absolute Gasteiger partial charge is 0.408 e. The van der Waals surface area contributed by atoms with Crippen molar-refractivity contribution in [3.8, 4) is 0 Å². The number of aromatic nitrogens is 1. The lowest BCUT2D eigenvalue weighted by molar-refractivity contribution is 0.512. The molecule has 0 amide bonds. The highest BCUT2D eigenvalue weighted by molar-refractivity contribution is 7.92. The molecule has 0 N–H and O–H groups in total. The highest BCUT2D eigenvalue weighted by Gasteiger charge is 2.36. The second kappa shape index (κ2) is 5.49. The van der Waals surface area contributed by atoms with Crippen molar-refractivity contribution in [2.24, 2.45) is 0 Å². The number of fused-ring (bicyclic) bond motifs is 2. The number of aryl methyl sites for hydroxylation is 1. The number of hydrogen-bond donors (Lipinski definition) is 0. The van der Waals surface area contributed by atoms with Gasteiger partial charge in [-0.3, -0.25) is 8.87 Å². The normalized spacial score (nSPS) is 17.2. The molecule has 2 heterocycles. The second-order valence-electron chi connectivity index (χ2n) is 6.22. The third kappa shape index (κ3) is 2.30. The lowest BCUT2D eigenvalue weighted by Gasteiger charge is -2.24. The molecule has 3 aromatic rings. The summed E-state index contributed by atoms with van der Waals surface area (Å²) >= 11 is 0. The maximum absolute atomic E-state index is 13.2. The van der Waals surface area contributed by atoms with Crippen LogP contribution in [0.25, 0.3) is 11.1 Å². The molecule has 7 heteroatoms. The zero-order chi connectivity index (χ0) is 17.8. The van der Waals surface area contributed by atoms with E-state index in [-0.39, 0.29) is 16.5 Å². The van der Waals surface area contributed by atoms with E-state index in [1.807, 2.05) is 38.1 Å². The summed E-state index contributed by atoms with van der Waals surface area (Å²) in [5.41, 5.74) is 2.61. The van der Waals surface area contributed by atoms with Gasteiger partial charge in [0.15, 0.2) is 5.58 Å². The van der Waals surface area contributed by atoms with Crippen molar-refractivity contribution in [3.05, 3.63) is 58.6 Å². The molecule has 0 radical (unpaired) electrons. The highest BCUT2D eigenvalue weighted by atomic mass is 32.2. The Bertz CT molecular complexity index is 1130. The minimum atomic E-state index is -3.74. The van der Waals surface area contributed by atoms with Gasteiger partial charge in [-0.2, -0.15) is 0 Å². The Balaban J connectivity index is 1.86. The topological polar surface area (TPSA) is 72.5 Å². The van der Waals surface area contributed by atoms with Gasteiger partial charge in [0, 0.05) is 18.7 Å². The van der Waals surface area contributed by atoms with E-state index in [0.717, 1.165) is 5.56 Å². The van der Waals surface area contributed by atoms with Crippen LogP contribution in [0, 0.1) is 0 Å². The summed E-state index contributed by atoms with van der Waals surface area (Å²) in [5, 5.41) is 0. The molecule has 1 atom stereocenters. The number of hydrogen-bond acceptors (Lipinski definition) is 4. The van der Waals surface area contributed by atoms with E-state index in [9.17, 15) is 13.2 Å². The molecule has 1 unspecified atom stereocenters. The Morgan fingerprint density at radius 3 is 2.72 bits per heavy atom. The fourth-order valence-corrected chi connectivity index (χ4v) is 5.23. The number of sulfonamides is 1. The first kappa shape index (κ1) is 16.0. The van der Waals surface area contributed by atoms with Crippen LogP contribution < -0.4 is 10.1 Å². The third-order valence-corrected chi connectivity index (χ3v) is 6.58. The second-order valence-corrected chi connectivity index (χ2v) is 8.04. The summed E-state index contributed by atoms with van der Waals surface area (Å²) in [4.78, 5) is 12.0. The van der Waals surface area contributed by atoms with E-state index in [2.05, 4.69) is 0 Å². The fraction of sp³-hybridized carbons (Fsp3) is 0.278. The van der Waals surface area contributed by atoms with Gasteiger partial charge in [0.2, 0.25) is 0 Å². The first-order valence-corrected chi connectivity index (χ1v) is 9.63. The monoisotopic (exact) mass is 358 g/mol. The largest absolute Gasteiger partial charge is 0.419 e. The van der Waals surface area contributed by atoms with Gasteiger partial charge in [-0.1, -0.05) is 18.2 Å². The molecule has 1 aliphatic heterocycles. The molecule has 0 aliphatic carbocycles. The van der Waals surface area contributed by atoms with Gasteiger partial charge in [-0.15, -0.1) is 0 Å². The molecular weight excluding hydrogens is 340 g/mol. The molecule has 0 fully saturated rings. The van der Waals surface area contributed by atoms with Crippen LogP contribution in [0.1, 0.15) is 19.4 Å². The van der Waals surface area contributed by atoms with Crippen molar-refractivity contribution in [2.75, 3.05) is 4.31 Å². The Morgan fingerprint density at radius 2 is 1.96 bits per heavy atom. The van der Waals surface area contributed by atoms with Crippen molar-refractivity contribution in [2.45, 2.75) is 37.8 Å². The van der Waals surface area contributed by atoms with Gasteiger partial charge < -0.3 is 4.42 Å². The Labute approximate surface area is 145 Å². The fourth-order valence-electron chi connectivity index (χ4n) is 3.52. The van der Waals surface area contributed by atoms with Crippen LogP contribution in [0.4, 0.5) is 5.69 Å². The van der Waals surface area contributed by atoms with E-state index in [4.69, 9.17) is 4.42 Å². The SMILES string of the molecule is CCn1c(=O)oc2cc(S(=O)(=O)N3c4ccccc4CC3C)ccc21. The molecule has 2 aromatic carbocycles. The average molecular weight is 358 g/mol. The van der Waals surface area contributed by atoms with Gasteiger partial charge >= 0.3 is 5.76 Å². The predicted molar refractivity (Wildman–Crippen MR) is 95.4 cm³/mol. The van der Waals surface area contributed by atoms with Crippen LogP contribution in [0.3, 0.4) is 0 Å². The Hall–Kier alpha value is -2.54. The maximum atomic E-state index is 13.2. The van der Waals surface area contributed by atoms with Gasteiger partial charge in [-0.05, 0) is 44.0 Å². The molecule has 1 aromatic heterocycles. The third-order valence-electron chi connectivity index (χ3n) is 4.66. The van der Waals surface area contributed by atoms with Crippen molar-refractivity contribution in [3.63, 3.8) is 0 Å². The van der Waals surface area contributed by atoms with Crippen molar-refractivity contribution >= 4 is 26.8 Å². The van der Waals surface area contributed by atoms with Gasteiger partial charge in [0.05, 0.1) is 16.1 Å². The first-order chi connectivity index (χ1) is 11.9. The van der Waals surface area contributed by atoms with E-state index >= 15 is 0 Å². The minimum Gasteiger partial charge on any atom is -0.408 e. The number of para-hydroxylation sites is 1. The maximum Gasteiger partial charge on any atom is 0.419 e. The molecular formula is C18H18N2O4S. The van der Waals surface area contributed by atoms with Crippen LogP contribution in [0.2, 0.25) is 0 Å². The Kier molecular flexibility index (Phi) is 3.50. The van der Waals surface area contributed by atoms with Crippen LogP contribution in [0.15, 0.2) is 56.6 Å². The van der Waals surface area contributed by atoms with Crippen LogP contribution in [-0.2, 0) is 23.0 Å². The van der Waals surface area contributed by atoms with Gasteiger partial charge in [0.25, 0.3) is 10.0 Å². The average Bonchev–Trinajstić information content (AvgIpc) is 3.08. The summed E-state index contributed by atoms with van der Waals surface area (Å²) in [6.45, 7) is 4.20. The van der Waals surface area contributed by atoms with Crippen molar-refractivity contribution in [1.29, 1.82) is 0 Å². The molecule has 130 valence electrons. The molecule has 0 spiro atoms. The molecule has 1 aliphatic rings. The predicted octanol–water partition coefficient (Wildman–Crippen LogP) is 2.75. The summed E-state index contributed by atoms with van der Waals surface area (Å²) in [6.07, 6.45) is 0.680. The van der Waals surface area contributed by atoms with E-state index in [1.54, 1.807) is 6.07 Å². The van der Waals surface area contributed by atoms with E-state index in [0.29, 0.717) is 24.2 Å². The van der Waals surface area contributed by atoms with E-state index in [1.165, 1.54) is 21.0 Å². The molecule has 6 nitrogen and oxygen atoms in total. The number of anilines is 1. The first-order valence-electron chi connectivity index (χ1n) is 8.19. The van der Waals surface area contributed by atoms with E-state index < -0.39 is 15.8 Å². The highest BCUT2D eigenvalue weighted by Crippen LogP contribution is 2.36. The number of oxazole rings is 1. The zero-order valence-corrected chi connectivity index (χ0v) is 14.8. The standard InChI is InChI=1S/C18H18N2O4S/c1-3-19-16-9-8-14(11-17(16)24-18(19)21)25(22,23)20-12(2)10-13-6-4-5-7-15(13)20/h4-9,11-12H,3,10H2,1-2H3. The summed E-state index contributed by atoms with van der Waals surface area (Å²) in [5.74, 6) is -0.480. The lowest BCUT2D eigenvalue weighted by atomic mass is 10.1. The quantitative estimate of drug-likeness (QED) is 0.722.